The van der Waals surface area contributed by atoms with E-state index in [0.29, 0.717) is 13.1 Å². The second kappa shape index (κ2) is 7.78. The van der Waals surface area contributed by atoms with E-state index < -0.39 is 0 Å². The van der Waals surface area contributed by atoms with Crippen molar-refractivity contribution in [3.8, 4) is 0 Å². The lowest BCUT2D eigenvalue weighted by Gasteiger charge is -2.08. The van der Waals surface area contributed by atoms with Crippen molar-refractivity contribution in [3.63, 3.8) is 0 Å². The Morgan fingerprint density at radius 2 is 2.00 bits per heavy atom. The Bertz CT molecular complexity index is 751. The summed E-state index contributed by atoms with van der Waals surface area (Å²) in [5.74, 6) is 0. The molecule has 6 heteroatoms. The molecule has 0 radical (unpaired) electrons. The summed E-state index contributed by atoms with van der Waals surface area (Å²) in [6.07, 6.45) is 3.61. The first-order valence-electron chi connectivity index (χ1n) is 7.77. The van der Waals surface area contributed by atoms with E-state index in [2.05, 4.69) is 37.7 Å². The average Bonchev–Trinajstić information content (AvgIpc) is 3.21. The van der Waals surface area contributed by atoms with Crippen LogP contribution in [-0.4, -0.2) is 28.7 Å². The molecule has 3 rings (SSSR count). The van der Waals surface area contributed by atoms with Crippen LogP contribution >= 0.6 is 11.3 Å². The molecule has 2 aromatic heterocycles. The van der Waals surface area contributed by atoms with Crippen LogP contribution in [-0.2, 0) is 13.0 Å². The predicted octanol–water partition coefficient (Wildman–Crippen LogP) is 3.03. The number of nitrogens with zero attached hydrogens (tertiary/aromatic N) is 2. The maximum Gasteiger partial charge on any atom is 0.314 e. The summed E-state index contributed by atoms with van der Waals surface area (Å²) in [6, 6.07) is 12.1. The van der Waals surface area contributed by atoms with Crippen LogP contribution in [0, 0.1) is 0 Å². The van der Waals surface area contributed by atoms with Gasteiger partial charge in [-0.1, -0.05) is 18.2 Å². The van der Waals surface area contributed by atoms with E-state index in [1.54, 1.807) is 11.3 Å². The van der Waals surface area contributed by atoms with Crippen LogP contribution < -0.4 is 10.6 Å². The lowest BCUT2D eigenvalue weighted by atomic mass is 10.3. The van der Waals surface area contributed by atoms with Crippen LogP contribution in [0.1, 0.15) is 11.3 Å². The Hall–Kier alpha value is -2.34. The van der Waals surface area contributed by atoms with Gasteiger partial charge in [-0.25, -0.2) is 9.78 Å². The molecule has 0 saturated heterocycles. The van der Waals surface area contributed by atoms with Crippen molar-refractivity contribution in [1.82, 2.24) is 20.2 Å². The Balaban J connectivity index is 1.34. The van der Waals surface area contributed by atoms with Gasteiger partial charge in [0.25, 0.3) is 0 Å². The summed E-state index contributed by atoms with van der Waals surface area (Å²) in [6.45, 7) is 2.16. The molecular weight excluding hydrogens is 308 g/mol. The Labute approximate surface area is 139 Å². The molecular formula is C17H20N4OS. The molecule has 120 valence electrons. The summed E-state index contributed by atoms with van der Waals surface area (Å²) in [4.78, 5) is 17.4. The lowest BCUT2D eigenvalue weighted by molar-refractivity contribution is 0.241. The molecule has 0 aliphatic carbocycles. The van der Waals surface area contributed by atoms with Gasteiger partial charge in [0, 0.05) is 24.5 Å². The number of carbonyl (C=O) groups is 1. The fourth-order valence-corrected chi connectivity index (χ4v) is 3.17. The van der Waals surface area contributed by atoms with Gasteiger partial charge in [-0.05, 0) is 36.4 Å². The number of benzene rings is 1. The van der Waals surface area contributed by atoms with E-state index in [-0.39, 0.29) is 6.03 Å². The van der Waals surface area contributed by atoms with Gasteiger partial charge in [0.1, 0.15) is 0 Å². The molecule has 0 atom stereocenters. The van der Waals surface area contributed by atoms with Crippen molar-refractivity contribution in [2.45, 2.75) is 19.4 Å². The summed E-state index contributed by atoms with van der Waals surface area (Å²) in [5.41, 5.74) is 2.14. The fraction of sp³-hybridized carbons (Fsp3) is 0.294. The van der Waals surface area contributed by atoms with Crippen LogP contribution in [0.25, 0.3) is 11.0 Å². The summed E-state index contributed by atoms with van der Waals surface area (Å²) >= 11 is 1.72. The molecule has 0 bridgehead atoms. The number of para-hydroxylation sites is 2. The smallest absolute Gasteiger partial charge is 0.314 e. The molecule has 0 saturated carbocycles. The van der Waals surface area contributed by atoms with Crippen LogP contribution in [0.2, 0.25) is 0 Å². The van der Waals surface area contributed by atoms with Crippen molar-refractivity contribution >= 4 is 28.4 Å². The number of rotatable bonds is 7. The van der Waals surface area contributed by atoms with E-state index in [1.165, 1.54) is 4.88 Å². The second-order valence-electron chi connectivity index (χ2n) is 5.29. The number of urea groups is 1. The minimum absolute atomic E-state index is 0.1000. The van der Waals surface area contributed by atoms with Gasteiger partial charge in [-0.2, -0.15) is 0 Å². The van der Waals surface area contributed by atoms with E-state index in [1.807, 2.05) is 30.6 Å². The van der Waals surface area contributed by atoms with Crippen molar-refractivity contribution in [2.75, 3.05) is 13.1 Å². The number of fused-ring (bicyclic) bond motifs is 1. The van der Waals surface area contributed by atoms with Crippen molar-refractivity contribution in [3.05, 3.63) is 53.0 Å². The Morgan fingerprint density at radius 3 is 2.87 bits per heavy atom. The third-order valence-electron chi connectivity index (χ3n) is 3.63. The first kappa shape index (κ1) is 15.6. The Morgan fingerprint density at radius 1 is 1.13 bits per heavy atom. The molecule has 0 spiro atoms. The SMILES string of the molecule is O=C(NCCCn1cnc2ccccc21)NCCc1cccs1. The van der Waals surface area contributed by atoms with E-state index in [9.17, 15) is 4.79 Å². The van der Waals surface area contributed by atoms with Gasteiger partial charge in [0.15, 0.2) is 0 Å². The minimum atomic E-state index is -0.1000. The van der Waals surface area contributed by atoms with Crippen LogP contribution in [0.15, 0.2) is 48.1 Å². The molecule has 2 N–H and O–H groups in total. The van der Waals surface area contributed by atoms with Crippen molar-refractivity contribution < 1.29 is 4.79 Å². The molecule has 0 aliphatic heterocycles. The molecule has 2 heterocycles. The average molecular weight is 328 g/mol. The van der Waals surface area contributed by atoms with Gasteiger partial charge in [0.05, 0.1) is 17.4 Å². The highest BCUT2D eigenvalue weighted by Crippen LogP contribution is 2.11. The van der Waals surface area contributed by atoms with E-state index >= 15 is 0 Å². The largest absolute Gasteiger partial charge is 0.338 e. The molecule has 0 aliphatic rings. The Kier molecular flexibility index (Phi) is 5.26. The first-order valence-corrected chi connectivity index (χ1v) is 8.65. The second-order valence-corrected chi connectivity index (χ2v) is 6.32. The number of amides is 2. The number of aryl methyl sites for hydroxylation is 1. The normalized spacial score (nSPS) is 10.8. The van der Waals surface area contributed by atoms with Gasteiger partial charge in [0.2, 0.25) is 0 Å². The zero-order valence-electron chi connectivity index (χ0n) is 12.9. The monoisotopic (exact) mass is 328 g/mol. The lowest BCUT2D eigenvalue weighted by Crippen LogP contribution is -2.37. The van der Waals surface area contributed by atoms with Gasteiger partial charge in [-0.15, -0.1) is 11.3 Å². The van der Waals surface area contributed by atoms with Gasteiger partial charge >= 0.3 is 6.03 Å². The summed E-state index contributed by atoms with van der Waals surface area (Å²) in [5, 5.41) is 7.83. The predicted molar refractivity (Wildman–Crippen MR) is 93.8 cm³/mol. The number of aromatic nitrogens is 2. The van der Waals surface area contributed by atoms with Crippen LogP contribution in [0.3, 0.4) is 0 Å². The highest BCUT2D eigenvalue weighted by Gasteiger charge is 2.02. The summed E-state index contributed by atoms with van der Waals surface area (Å²) in [7, 11) is 0. The van der Waals surface area contributed by atoms with Gasteiger partial charge < -0.3 is 15.2 Å². The zero-order chi connectivity index (χ0) is 15.9. The van der Waals surface area contributed by atoms with E-state index in [4.69, 9.17) is 0 Å². The maximum absolute atomic E-state index is 11.7. The highest BCUT2D eigenvalue weighted by molar-refractivity contribution is 7.09. The number of carbonyl (C=O) groups excluding carboxylic acids is 1. The molecule has 3 aromatic rings. The first-order chi connectivity index (χ1) is 11.3. The molecule has 0 fully saturated rings. The number of nitrogens with one attached hydrogen (secondary N) is 2. The highest BCUT2D eigenvalue weighted by atomic mass is 32.1. The van der Waals surface area contributed by atoms with E-state index in [0.717, 1.165) is 30.4 Å². The third kappa shape index (κ3) is 4.32. The summed E-state index contributed by atoms with van der Waals surface area (Å²) < 4.78 is 2.12. The number of imidazole rings is 1. The quantitative estimate of drug-likeness (QED) is 0.655. The fourth-order valence-electron chi connectivity index (χ4n) is 2.46. The standard InChI is InChI=1S/C17H20N4OS/c22-17(19-10-8-14-5-3-12-23-14)18-9-4-11-21-13-20-15-6-1-2-7-16(15)21/h1-3,5-7,12-13H,4,8-11H2,(H2,18,19,22). The molecule has 1 aromatic carbocycles. The minimum Gasteiger partial charge on any atom is -0.338 e. The van der Waals surface area contributed by atoms with Crippen LogP contribution in [0.5, 0.6) is 0 Å². The molecule has 23 heavy (non-hydrogen) atoms. The number of hydrogen-bond donors (Lipinski definition) is 2. The number of hydrogen-bond acceptors (Lipinski definition) is 3. The molecule has 5 nitrogen and oxygen atoms in total. The van der Waals surface area contributed by atoms with Gasteiger partial charge in [-0.3, -0.25) is 0 Å². The molecule has 0 unspecified atom stereocenters. The molecule has 2 amide bonds. The van der Waals surface area contributed by atoms with Crippen molar-refractivity contribution in [1.29, 1.82) is 0 Å². The third-order valence-corrected chi connectivity index (χ3v) is 4.56. The van der Waals surface area contributed by atoms with Crippen LogP contribution in [0.4, 0.5) is 4.79 Å². The number of thiophene rings is 1. The van der Waals surface area contributed by atoms with Crippen molar-refractivity contribution in [2.24, 2.45) is 0 Å². The maximum atomic E-state index is 11.7. The topological polar surface area (TPSA) is 59.0 Å². The zero-order valence-corrected chi connectivity index (χ0v) is 13.7.